The first kappa shape index (κ1) is 15.5. The predicted molar refractivity (Wildman–Crippen MR) is 99.8 cm³/mol. The van der Waals surface area contributed by atoms with Crippen LogP contribution in [0.15, 0.2) is 30.3 Å². The average molecular weight is 408 g/mol. The van der Waals surface area contributed by atoms with E-state index in [9.17, 15) is 0 Å². The van der Waals surface area contributed by atoms with Gasteiger partial charge in [-0.15, -0.1) is 0 Å². The summed E-state index contributed by atoms with van der Waals surface area (Å²) in [6, 6.07) is 10.3. The number of rotatable bonds is 4. The molecule has 1 aliphatic carbocycles. The molecule has 1 aromatic heterocycles. The Hall–Kier alpha value is -1.37. The molecule has 0 amide bonds. The van der Waals surface area contributed by atoms with Crippen LogP contribution in [-0.4, -0.2) is 15.5 Å². The Balaban J connectivity index is 1.91. The molecule has 1 aromatic carbocycles. The van der Waals surface area contributed by atoms with Gasteiger partial charge in [-0.2, -0.15) is 4.98 Å². The molecule has 5 heteroatoms. The highest BCUT2D eigenvalue weighted by Gasteiger charge is 2.26. The van der Waals surface area contributed by atoms with E-state index >= 15 is 0 Å². The maximum absolute atomic E-state index is 4.68. The summed E-state index contributed by atoms with van der Waals surface area (Å²) >= 11 is 2.33. The van der Waals surface area contributed by atoms with Crippen LogP contribution in [0.4, 0.5) is 17.5 Å². The first-order chi connectivity index (χ1) is 10.4. The normalized spacial score (nSPS) is 14.7. The molecule has 0 atom stereocenters. The Labute approximate surface area is 145 Å². The van der Waals surface area contributed by atoms with Gasteiger partial charge in [0, 0.05) is 21.1 Å². The molecule has 0 radical (unpaired) electrons. The lowest BCUT2D eigenvalue weighted by atomic mass is 10.1. The second kappa shape index (κ2) is 6.02. The van der Waals surface area contributed by atoms with Crippen molar-refractivity contribution >= 4 is 40.0 Å². The van der Waals surface area contributed by atoms with Crippen LogP contribution in [0.5, 0.6) is 0 Å². The largest absolute Gasteiger partial charge is 0.350 e. The number of para-hydroxylation sites is 1. The van der Waals surface area contributed by atoms with Crippen LogP contribution in [0.1, 0.15) is 45.2 Å². The van der Waals surface area contributed by atoms with E-state index in [4.69, 9.17) is 0 Å². The summed E-state index contributed by atoms with van der Waals surface area (Å²) in [5, 5.41) is 6.80. The molecule has 1 saturated carbocycles. The van der Waals surface area contributed by atoms with Crippen LogP contribution in [-0.2, 0) is 0 Å². The van der Waals surface area contributed by atoms with Crippen molar-refractivity contribution in [3.63, 3.8) is 0 Å². The lowest BCUT2D eigenvalue weighted by molar-refractivity contribution is 0.625. The molecule has 116 valence electrons. The number of aromatic nitrogens is 2. The third kappa shape index (κ3) is 4.09. The highest BCUT2D eigenvalue weighted by Crippen LogP contribution is 2.40. The smallest absolute Gasteiger partial charge is 0.225 e. The highest BCUT2D eigenvalue weighted by atomic mass is 127. The van der Waals surface area contributed by atoms with Crippen LogP contribution < -0.4 is 10.6 Å². The Morgan fingerprint density at radius 3 is 2.50 bits per heavy atom. The van der Waals surface area contributed by atoms with E-state index in [1.807, 2.05) is 12.1 Å². The molecule has 2 N–H and O–H groups in total. The fourth-order valence-corrected chi connectivity index (χ4v) is 2.73. The van der Waals surface area contributed by atoms with Crippen LogP contribution >= 0.6 is 22.6 Å². The van der Waals surface area contributed by atoms with Gasteiger partial charge in [0.1, 0.15) is 5.82 Å². The first-order valence-corrected chi connectivity index (χ1v) is 8.67. The number of hydrogen-bond acceptors (Lipinski definition) is 4. The molecular weight excluding hydrogens is 387 g/mol. The van der Waals surface area contributed by atoms with E-state index in [1.54, 1.807) is 0 Å². The second-order valence-electron chi connectivity index (χ2n) is 6.76. The first-order valence-electron chi connectivity index (χ1n) is 7.59. The number of hydrogen-bond donors (Lipinski definition) is 2. The third-order valence-electron chi connectivity index (χ3n) is 3.36. The fourth-order valence-electron chi connectivity index (χ4n) is 2.21. The van der Waals surface area contributed by atoms with Gasteiger partial charge in [0.05, 0.1) is 11.4 Å². The van der Waals surface area contributed by atoms with Crippen molar-refractivity contribution in [2.45, 2.75) is 45.1 Å². The molecule has 3 rings (SSSR count). The quantitative estimate of drug-likeness (QED) is 0.706. The maximum Gasteiger partial charge on any atom is 0.225 e. The summed E-state index contributed by atoms with van der Waals surface area (Å²) in [5.74, 6) is 2.15. The molecule has 0 spiro atoms. The van der Waals surface area contributed by atoms with Gasteiger partial charge < -0.3 is 10.6 Å². The van der Waals surface area contributed by atoms with E-state index in [-0.39, 0.29) is 5.54 Å². The minimum absolute atomic E-state index is 0.0549. The Kier molecular flexibility index (Phi) is 4.25. The van der Waals surface area contributed by atoms with Crippen molar-refractivity contribution in [3.05, 3.63) is 39.6 Å². The number of benzene rings is 1. The van der Waals surface area contributed by atoms with Gasteiger partial charge in [-0.05, 0) is 68.3 Å². The topological polar surface area (TPSA) is 49.8 Å². The van der Waals surface area contributed by atoms with Crippen molar-refractivity contribution in [1.82, 2.24) is 9.97 Å². The van der Waals surface area contributed by atoms with Gasteiger partial charge in [-0.1, -0.05) is 12.1 Å². The summed E-state index contributed by atoms with van der Waals surface area (Å²) in [4.78, 5) is 9.31. The van der Waals surface area contributed by atoms with Crippen molar-refractivity contribution in [2.24, 2.45) is 0 Å². The van der Waals surface area contributed by atoms with Gasteiger partial charge in [-0.25, -0.2) is 4.98 Å². The molecule has 0 saturated heterocycles. The SMILES string of the molecule is CC(C)(C)Nc1nc(Nc2ccccc2I)cc(C2CC2)n1. The van der Waals surface area contributed by atoms with Crippen molar-refractivity contribution in [2.75, 3.05) is 10.6 Å². The van der Waals surface area contributed by atoms with Crippen LogP contribution in [0.25, 0.3) is 0 Å². The number of nitrogens with zero attached hydrogens (tertiary/aromatic N) is 2. The lowest BCUT2D eigenvalue weighted by Crippen LogP contribution is -2.27. The summed E-state index contributed by atoms with van der Waals surface area (Å²) in [5.41, 5.74) is 2.15. The zero-order valence-electron chi connectivity index (χ0n) is 13.2. The van der Waals surface area contributed by atoms with E-state index < -0.39 is 0 Å². The molecule has 2 aromatic rings. The van der Waals surface area contributed by atoms with E-state index in [0.717, 1.165) is 17.2 Å². The van der Waals surface area contributed by atoms with E-state index in [1.165, 1.54) is 16.4 Å². The zero-order valence-corrected chi connectivity index (χ0v) is 15.3. The minimum atomic E-state index is -0.0549. The highest BCUT2D eigenvalue weighted by molar-refractivity contribution is 14.1. The zero-order chi connectivity index (χ0) is 15.7. The van der Waals surface area contributed by atoms with Crippen LogP contribution in [0.2, 0.25) is 0 Å². The van der Waals surface area contributed by atoms with Gasteiger partial charge in [0.15, 0.2) is 0 Å². The molecule has 0 aliphatic heterocycles. The van der Waals surface area contributed by atoms with Gasteiger partial charge >= 0.3 is 0 Å². The van der Waals surface area contributed by atoms with Gasteiger partial charge in [-0.3, -0.25) is 0 Å². The predicted octanol–water partition coefficient (Wildman–Crippen LogP) is 4.91. The number of anilines is 3. The Bertz CT molecular complexity index is 675. The summed E-state index contributed by atoms with van der Waals surface area (Å²) in [6.07, 6.45) is 2.46. The summed E-state index contributed by atoms with van der Waals surface area (Å²) in [6.45, 7) is 6.36. The van der Waals surface area contributed by atoms with Crippen molar-refractivity contribution in [3.8, 4) is 0 Å². The Morgan fingerprint density at radius 2 is 1.86 bits per heavy atom. The van der Waals surface area contributed by atoms with Crippen molar-refractivity contribution < 1.29 is 0 Å². The van der Waals surface area contributed by atoms with Crippen molar-refractivity contribution in [1.29, 1.82) is 0 Å². The summed E-state index contributed by atoms with van der Waals surface area (Å²) in [7, 11) is 0. The molecule has 1 fully saturated rings. The summed E-state index contributed by atoms with van der Waals surface area (Å²) < 4.78 is 1.18. The molecule has 4 nitrogen and oxygen atoms in total. The third-order valence-corrected chi connectivity index (χ3v) is 4.31. The molecule has 0 unspecified atom stereocenters. The Morgan fingerprint density at radius 1 is 1.14 bits per heavy atom. The molecule has 0 bridgehead atoms. The monoisotopic (exact) mass is 408 g/mol. The number of nitrogens with one attached hydrogen (secondary N) is 2. The molecule has 1 heterocycles. The minimum Gasteiger partial charge on any atom is -0.350 e. The van der Waals surface area contributed by atoms with Crippen LogP contribution in [0, 0.1) is 3.57 Å². The standard InChI is InChI=1S/C17H21IN4/c1-17(2,3)22-16-20-14(11-8-9-11)10-15(21-16)19-13-7-5-4-6-12(13)18/h4-7,10-11H,8-9H2,1-3H3,(H2,19,20,21,22). The number of halogens is 1. The lowest BCUT2D eigenvalue weighted by Gasteiger charge is -2.21. The molecular formula is C17H21IN4. The molecule has 1 aliphatic rings. The maximum atomic E-state index is 4.68. The van der Waals surface area contributed by atoms with E-state index in [0.29, 0.717) is 11.9 Å². The fraction of sp³-hybridized carbons (Fsp3) is 0.412. The van der Waals surface area contributed by atoms with Crippen LogP contribution in [0.3, 0.4) is 0 Å². The van der Waals surface area contributed by atoms with E-state index in [2.05, 4.69) is 82.2 Å². The molecule has 22 heavy (non-hydrogen) atoms. The second-order valence-corrected chi connectivity index (χ2v) is 7.92. The van der Waals surface area contributed by atoms with Gasteiger partial charge in [0.25, 0.3) is 0 Å². The average Bonchev–Trinajstić information content (AvgIpc) is 3.23. The van der Waals surface area contributed by atoms with Gasteiger partial charge in [0.2, 0.25) is 5.95 Å².